The quantitative estimate of drug-likeness (QED) is 0.467. The van der Waals surface area contributed by atoms with Gasteiger partial charge in [-0.1, -0.05) is 11.3 Å². The van der Waals surface area contributed by atoms with E-state index < -0.39 is 0 Å². The summed E-state index contributed by atoms with van der Waals surface area (Å²) >= 11 is 1.24. The predicted octanol–water partition coefficient (Wildman–Crippen LogP) is 1.47. The van der Waals surface area contributed by atoms with Crippen LogP contribution in [-0.2, 0) is 11.3 Å². The summed E-state index contributed by atoms with van der Waals surface area (Å²) in [7, 11) is 0. The second-order valence-electron chi connectivity index (χ2n) is 4.48. The lowest BCUT2D eigenvalue weighted by Crippen LogP contribution is -2.37. The largest absolute Gasteiger partial charge is 0.379 e. The second kappa shape index (κ2) is 7.54. The van der Waals surface area contributed by atoms with Crippen molar-refractivity contribution in [1.29, 1.82) is 0 Å². The molecule has 0 amide bonds. The van der Waals surface area contributed by atoms with Crippen LogP contribution in [0.1, 0.15) is 11.3 Å². The molecule has 0 saturated carbocycles. The highest BCUT2D eigenvalue weighted by Crippen LogP contribution is 2.23. The van der Waals surface area contributed by atoms with Crippen molar-refractivity contribution in [2.45, 2.75) is 13.0 Å². The molecule has 1 fully saturated rings. The smallest absolute Gasteiger partial charge is 0.324 e. The van der Waals surface area contributed by atoms with Gasteiger partial charge in [-0.2, -0.15) is 0 Å². The molecular formula is C12H19N3O3S. The van der Waals surface area contributed by atoms with E-state index in [1.165, 1.54) is 11.3 Å². The Hall–Kier alpha value is -1.02. The molecule has 7 heteroatoms. The fourth-order valence-electron chi connectivity index (χ4n) is 2.02. The van der Waals surface area contributed by atoms with Crippen LogP contribution in [0.4, 0.5) is 5.00 Å². The van der Waals surface area contributed by atoms with E-state index in [9.17, 15) is 10.1 Å². The molecule has 0 atom stereocenters. The summed E-state index contributed by atoms with van der Waals surface area (Å²) in [4.78, 5) is 13.6. The summed E-state index contributed by atoms with van der Waals surface area (Å²) in [6.07, 6.45) is 1.09. The number of nitro groups is 1. The minimum atomic E-state index is -0.341. The van der Waals surface area contributed by atoms with Crippen LogP contribution in [0.5, 0.6) is 0 Å². The Morgan fingerprint density at radius 3 is 2.89 bits per heavy atom. The van der Waals surface area contributed by atoms with Gasteiger partial charge in [0.2, 0.25) is 0 Å². The van der Waals surface area contributed by atoms with Gasteiger partial charge in [-0.25, -0.2) is 0 Å². The van der Waals surface area contributed by atoms with Crippen LogP contribution in [-0.4, -0.2) is 49.2 Å². The number of nitrogens with zero attached hydrogens (tertiary/aromatic N) is 2. The zero-order valence-electron chi connectivity index (χ0n) is 10.8. The number of ether oxygens (including phenoxy) is 1. The van der Waals surface area contributed by atoms with Gasteiger partial charge in [-0.15, -0.1) is 0 Å². The molecule has 2 heterocycles. The van der Waals surface area contributed by atoms with Crippen molar-refractivity contribution in [1.82, 2.24) is 10.2 Å². The van der Waals surface area contributed by atoms with E-state index in [1.807, 2.05) is 6.07 Å². The number of hydrogen-bond donors (Lipinski definition) is 1. The first-order chi connectivity index (χ1) is 9.25. The van der Waals surface area contributed by atoms with E-state index in [0.717, 1.165) is 50.7 Å². The van der Waals surface area contributed by atoms with Crippen molar-refractivity contribution in [3.63, 3.8) is 0 Å². The average Bonchev–Trinajstić information content (AvgIpc) is 2.89. The molecule has 0 radical (unpaired) electrons. The Balaban J connectivity index is 1.57. The van der Waals surface area contributed by atoms with Gasteiger partial charge < -0.3 is 10.1 Å². The van der Waals surface area contributed by atoms with Gasteiger partial charge in [0.25, 0.3) is 0 Å². The third-order valence-corrected chi connectivity index (χ3v) is 4.10. The van der Waals surface area contributed by atoms with E-state index in [0.29, 0.717) is 6.54 Å². The molecule has 0 unspecified atom stereocenters. The molecule has 2 rings (SSSR count). The predicted molar refractivity (Wildman–Crippen MR) is 74.6 cm³/mol. The summed E-state index contributed by atoms with van der Waals surface area (Å²) < 4.78 is 5.30. The number of morpholine rings is 1. The first kappa shape index (κ1) is 14.4. The number of hydrogen-bond acceptors (Lipinski definition) is 6. The highest BCUT2D eigenvalue weighted by Gasteiger charge is 2.10. The summed E-state index contributed by atoms with van der Waals surface area (Å²) in [5, 5.41) is 14.1. The normalized spacial score (nSPS) is 16.6. The molecule has 0 aliphatic carbocycles. The standard InChI is InChI=1S/C12H19N3O3S/c16-15(17)12-3-2-11(19-12)10-13-4-1-5-14-6-8-18-9-7-14/h2-3,13H,1,4-10H2. The minimum Gasteiger partial charge on any atom is -0.379 e. The Morgan fingerprint density at radius 2 is 2.21 bits per heavy atom. The van der Waals surface area contributed by atoms with E-state index in [2.05, 4.69) is 10.2 Å². The molecule has 19 heavy (non-hydrogen) atoms. The molecule has 6 nitrogen and oxygen atoms in total. The molecule has 1 aromatic rings. The Morgan fingerprint density at radius 1 is 1.42 bits per heavy atom. The lowest BCUT2D eigenvalue weighted by Gasteiger charge is -2.26. The highest BCUT2D eigenvalue weighted by molar-refractivity contribution is 7.15. The average molecular weight is 285 g/mol. The molecule has 106 valence electrons. The maximum absolute atomic E-state index is 10.5. The zero-order valence-corrected chi connectivity index (χ0v) is 11.7. The first-order valence-electron chi connectivity index (χ1n) is 6.49. The van der Waals surface area contributed by atoms with Gasteiger partial charge in [-0.3, -0.25) is 15.0 Å². The Kier molecular flexibility index (Phi) is 5.71. The molecule has 0 bridgehead atoms. The van der Waals surface area contributed by atoms with Crippen molar-refractivity contribution < 1.29 is 9.66 Å². The van der Waals surface area contributed by atoms with Crippen LogP contribution < -0.4 is 5.32 Å². The van der Waals surface area contributed by atoms with Crippen LogP contribution in [0.3, 0.4) is 0 Å². The number of thiophene rings is 1. The minimum absolute atomic E-state index is 0.213. The lowest BCUT2D eigenvalue weighted by atomic mass is 10.3. The topological polar surface area (TPSA) is 67.6 Å². The number of nitrogens with one attached hydrogen (secondary N) is 1. The monoisotopic (exact) mass is 285 g/mol. The SMILES string of the molecule is O=[N+]([O-])c1ccc(CNCCCN2CCOCC2)s1. The summed E-state index contributed by atoms with van der Waals surface area (Å²) in [6, 6.07) is 3.38. The highest BCUT2D eigenvalue weighted by atomic mass is 32.1. The molecule has 1 aliphatic rings. The van der Waals surface area contributed by atoms with E-state index in [-0.39, 0.29) is 9.92 Å². The van der Waals surface area contributed by atoms with Gasteiger partial charge in [0.15, 0.2) is 0 Å². The van der Waals surface area contributed by atoms with Crippen LogP contribution in [0.15, 0.2) is 12.1 Å². The molecule has 0 aromatic carbocycles. The van der Waals surface area contributed by atoms with Gasteiger partial charge in [-0.05, 0) is 25.6 Å². The van der Waals surface area contributed by atoms with Crippen LogP contribution in [0.2, 0.25) is 0 Å². The fraction of sp³-hybridized carbons (Fsp3) is 0.667. The second-order valence-corrected chi connectivity index (χ2v) is 5.63. The van der Waals surface area contributed by atoms with E-state index in [1.54, 1.807) is 6.07 Å². The van der Waals surface area contributed by atoms with E-state index in [4.69, 9.17) is 4.74 Å². The Labute approximate surface area is 116 Å². The molecular weight excluding hydrogens is 266 g/mol. The molecule has 0 spiro atoms. The van der Waals surface area contributed by atoms with Crippen molar-refractivity contribution >= 4 is 16.3 Å². The molecule has 1 saturated heterocycles. The van der Waals surface area contributed by atoms with Crippen LogP contribution in [0.25, 0.3) is 0 Å². The third kappa shape index (κ3) is 4.87. The van der Waals surface area contributed by atoms with Crippen molar-refractivity contribution in [2.75, 3.05) is 39.4 Å². The fourth-order valence-corrected chi connectivity index (χ4v) is 2.81. The van der Waals surface area contributed by atoms with Gasteiger partial charge in [0, 0.05) is 30.6 Å². The van der Waals surface area contributed by atoms with Gasteiger partial charge in [0.1, 0.15) is 0 Å². The van der Waals surface area contributed by atoms with Crippen molar-refractivity contribution in [3.8, 4) is 0 Å². The van der Waals surface area contributed by atoms with Crippen molar-refractivity contribution in [2.24, 2.45) is 0 Å². The molecule has 1 aliphatic heterocycles. The zero-order chi connectivity index (χ0) is 13.5. The summed E-state index contributed by atoms with van der Waals surface area (Å²) in [5.74, 6) is 0. The van der Waals surface area contributed by atoms with Gasteiger partial charge >= 0.3 is 5.00 Å². The summed E-state index contributed by atoms with van der Waals surface area (Å²) in [6.45, 7) is 6.46. The maximum Gasteiger partial charge on any atom is 0.324 e. The summed E-state index contributed by atoms with van der Waals surface area (Å²) in [5.41, 5.74) is 0. The molecule has 1 aromatic heterocycles. The molecule has 1 N–H and O–H groups in total. The van der Waals surface area contributed by atoms with Gasteiger partial charge in [0.05, 0.1) is 18.1 Å². The first-order valence-corrected chi connectivity index (χ1v) is 7.31. The van der Waals surface area contributed by atoms with Crippen LogP contribution >= 0.6 is 11.3 Å². The Bertz CT molecular complexity index is 405. The number of rotatable bonds is 7. The van der Waals surface area contributed by atoms with E-state index >= 15 is 0 Å². The third-order valence-electron chi connectivity index (χ3n) is 3.06. The maximum atomic E-state index is 10.5. The van der Waals surface area contributed by atoms with Crippen molar-refractivity contribution in [3.05, 3.63) is 27.1 Å². The lowest BCUT2D eigenvalue weighted by molar-refractivity contribution is -0.380. The van der Waals surface area contributed by atoms with Crippen LogP contribution in [0, 0.1) is 10.1 Å².